The van der Waals surface area contributed by atoms with Crippen molar-refractivity contribution in [3.05, 3.63) is 46.7 Å². The third-order valence-corrected chi connectivity index (χ3v) is 4.07. The van der Waals surface area contributed by atoms with Gasteiger partial charge in [-0.25, -0.2) is 4.98 Å². The van der Waals surface area contributed by atoms with Gasteiger partial charge in [-0.05, 0) is 35.3 Å². The number of aromatic amines is 1. The van der Waals surface area contributed by atoms with Crippen LogP contribution in [-0.2, 0) is 0 Å². The highest BCUT2D eigenvalue weighted by atomic mass is 32.2. The molecular formula is C12H8N2OS2. The van der Waals surface area contributed by atoms with Crippen molar-refractivity contribution in [3.63, 3.8) is 0 Å². The molecule has 0 radical (unpaired) electrons. The van der Waals surface area contributed by atoms with Gasteiger partial charge in [0.15, 0.2) is 5.16 Å². The van der Waals surface area contributed by atoms with Crippen LogP contribution in [-0.4, -0.2) is 15.1 Å². The number of carbonyl (C=O) groups excluding carboxylic acids is 1. The molecule has 0 fully saturated rings. The van der Waals surface area contributed by atoms with E-state index < -0.39 is 0 Å². The summed E-state index contributed by atoms with van der Waals surface area (Å²) < 4.78 is 0. The summed E-state index contributed by atoms with van der Waals surface area (Å²) in [6.45, 7) is 0. The zero-order valence-corrected chi connectivity index (χ0v) is 10.3. The first-order chi connectivity index (χ1) is 8.33. The van der Waals surface area contributed by atoms with Gasteiger partial charge in [0.1, 0.15) is 0 Å². The molecule has 0 aliphatic rings. The number of imidazole rings is 1. The van der Waals surface area contributed by atoms with Crippen molar-refractivity contribution >= 4 is 39.2 Å². The third-order valence-electron chi connectivity index (χ3n) is 2.28. The molecular weight excluding hydrogens is 252 g/mol. The minimum absolute atomic E-state index is 0.0269. The van der Waals surface area contributed by atoms with E-state index in [2.05, 4.69) is 9.97 Å². The van der Waals surface area contributed by atoms with Gasteiger partial charge in [-0.2, -0.15) is 0 Å². The topological polar surface area (TPSA) is 45.8 Å². The predicted molar refractivity (Wildman–Crippen MR) is 70.6 cm³/mol. The zero-order chi connectivity index (χ0) is 11.7. The Labute approximate surface area is 106 Å². The summed E-state index contributed by atoms with van der Waals surface area (Å²) in [5.74, 6) is 0. The van der Waals surface area contributed by atoms with Gasteiger partial charge in [0, 0.05) is 0 Å². The largest absolute Gasteiger partial charge is 0.333 e. The minimum atomic E-state index is 0.0269. The van der Waals surface area contributed by atoms with E-state index in [9.17, 15) is 4.79 Å². The molecule has 0 aliphatic carbocycles. The monoisotopic (exact) mass is 260 g/mol. The number of aromatic nitrogens is 2. The number of fused-ring (bicyclic) bond motifs is 1. The fourth-order valence-corrected chi connectivity index (χ4v) is 2.99. The van der Waals surface area contributed by atoms with E-state index in [1.807, 2.05) is 41.8 Å². The summed E-state index contributed by atoms with van der Waals surface area (Å²) in [7, 11) is 0. The summed E-state index contributed by atoms with van der Waals surface area (Å²) >= 11 is 2.58. The summed E-state index contributed by atoms with van der Waals surface area (Å²) in [5.41, 5.74) is 1.84. The van der Waals surface area contributed by atoms with E-state index in [1.54, 1.807) is 0 Å². The van der Waals surface area contributed by atoms with Gasteiger partial charge in [0.05, 0.1) is 15.9 Å². The SMILES string of the molecule is O=C(Sc1nc2ccccc2[nH]1)c1cccs1. The van der Waals surface area contributed by atoms with Crippen molar-refractivity contribution in [3.8, 4) is 0 Å². The number of H-pyrrole nitrogens is 1. The van der Waals surface area contributed by atoms with E-state index in [-0.39, 0.29) is 5.12 Å². The maximum atomic E-state index is 11.9. The average Bonchev–Trinajstić information content (AvgIpc) is 2.97. The Morgan fingerprint density at radius 1 is 1.24 bits per heavy atom. The van der Waals surface area contributed by atoms with Crippen LogP contribution in [0.1, 0.15) is 9.67 Å². The summed E-state index contributed by atoms with van der Waals surface area (Å²) in [5, 5.41) is 2.57. The van der Waals surface area contributed by atoms with E-state index in [0.717, 1.165) is 27.7 Å². The van der Waals surface area contributed by atoms with Crippen LogP contribution in [0.4, 0.5) is 0 Å². The molecule has 0 unspecified atom stereocenters. The number of thioether (sulfide) groups is 1. The van der Waals surface area contributed by atoms with Crippen molar-refractivity contribution < 1.29 is 4.79 Å². The van der Waals surface area contributed by atoms with Crippen molar-refractivity contribution in [1.29, 1.82) is 0 Å². The fraction of sp³-hybridized carbons (Fsp3) is 0. The quantitative estimate of drug-likeness (QED) is 0.717. The number of benzene rings is 1. The molecule has 3 aromatic rings. The van der Waals surface area contributed by atoms with Gasteiger partial charge in [0.2, 0.25) is 5.12 Å². The van der Waals surface area contributed by atoms with Crippen molar-refractivity contribution in [2.45, 2.75) is 5.16 Å². The molecule has 0 spiro atoms. The van der Waals surface area contributed by atoms with E-state index in [0.29, 0.717) is 5.16 Å². The maximum Gasteiger partial charge on any atom is 0.236 e. The molecule has 84 valence electrons. The molecule has 1 N–H and O–H groups in total. The highest BCUT2D eigenvalue weighted by Gasteiger charge is 2.11. The Morgan fingerprint density at radius 2 is 2.12 bits per heavy atom. The van der Waals surface area contributed by atoms with Crippen LogP contribution >= 0.6 is 23.1 Å². The van der Waals surface area contributed by atoms with Crippen molar-refractivity contribution in [2.75, 3.05) is 0 Å². The molecule has 0 atom stereocenters. The lowest BCUT2D eigenvalue weighted by molar-refractivity contribution is 0.109. The Bertz CT molecular complexity index is 625. The number of para-hydroxylation sites is 2. The molecule has 3 rings (SSSR count). The van der Waals surface area contributed by atoms with Gasteiger partial charge in [-0.15, -0.1) is 11.3 Å². The second-order valence-electron chi connectivity index (χ2n) is 3.43. The van der Waals surface area contributed by atoms with Crippen molar-refractivity contribution in [2.24, 2.45) is 0 Å². The molecule has 2 heterocycles. The molecule has 17 heavy (non-hydrogen) atoms. The van der Waals surface area contributed by atoms with Crippen LogP contribution in [0.2, 0.25) is 0 Å². The molecule has 0 amide bonds. The lowest BCUT2D eigenvalue weighted by Crippen LogP contribution is -1.89. The Morgan fingerprint density at radius 3 is 2.88 bits per heavy atom. The Hall–Kier alpha value is -1.59. The molecule has 0 saturated carbocycles. The van der Waals surface area contributed by atoms with Gasteiger partial charge in [-0.1, -0.05) is 18.2 Å². The van der Waals surface area contributed by atoms with Gasteiger partial charge in [0.25, 0.3) is 0 Å². The average molecular weight is 260 g/mol. The number of thiophene rings is 1. The first-order valence-corrected chi connectivity index (χ1v) is 6.73. The number of hydrogen-bond acceptors (Lipinski definition) is 4. The fourth-order valence-electron chi connectivity index (χ4n) is 1.51. The zero-order valence-electron chi connectivity index (χ0n) is 8.71. The van der Waals surface area contributed by atoms with Crippen LogP contribution in [0.5, 0.6) is 0 Å². The number of nitrogens with one attached hydrogen (secondary N) is 1. The standard InChI is InChI=1S/C12H8N2OS2/c15-11(10-6-3-7-16-10)17-12-13-8-4-1-2-5-9(8)14-12/h1-7H,(H,13,14). The summed E-state index contributed by atoms with van der Waals surface area (Å²) in [6, 6.07) is 11.4. The first-order valence-electron chi connectivity index (χ1n) is 5.03. The van der Waals surface area contributed by atoms with Crippen LogP contribution in [0.25, 0.3) is 11.0 Å². The van der Waals surface area contributed by atoms with Gasteiger partial charge in [-0.3, -0.25) is 4.79 Å². The molecule has 0 saturated heterocycles. The highest BCUT2D eigenvalue weighted by molar-refractivity contribution is 8.14. The maximum absolute atomic E-state index is 11.9. The van der Waals surface area contributed by atoms with E-state index in [4.69, 9.17) is 0 Å². The number of nitrogens with zero attached hydrogens (tertiary/aromatic N) is 1. The van der Waals surface area contributed by atoms with Gasteiger partial charge >= 0.3 is 0 Å². The molecule has 3 nitrogen and oxygen atoms in total. The molecule has 0 bridgehead atoms. The summed E-state index contributed by atoms with van der Waals surface area (Å²) in [4.78, 5) is 20.1. The normalized spacial score (nSPS) is 10.8. The van der Waals surface area contributed by atoms with E-state index in [1.165, 1.54) is 11.3 Å². The number of rotatable bonds is 2. The lowest BCUT2D eigenvalue weighted by Gasteiger charge is -1.92. The number of hydrogen-bond donors (Lipinski definition) is 1. The third kappa shape index (κ3) is 2.11. The number of carbonyl (C=O) groups is 1. The highest BCUT2D eigenvalue weighted by Crippen LogP contribution is 2.24. The van der Waals surface area contributed by atoms with Gasteiger partial charge < -0.3 is 4.98 Å². The Kier molecular flexibility index (Phi) is 2.70. The Balaban J connectivity index is 1.88. The summed E-state index contributed by atoms with van der Waals surface area (Å²) in [6.07, 6.45) is 0. The molecule has 5 heteroatoms. The predicted octanol–water partition coefficient (Wildman–Crippen LogP) is 3.56. The second kappa shape index (κ2) is 4.35. The van der Waals surface area contributed by atoms with E-state index >= 15 is 0 Å². The van der Waals surface area contributed by atoms with Crippen LogP contribution in [0.3, 0.4) is 0 Å². The minimum Gasteiger partial charge on any atom is -0.333 e. The first kappa shape index (κ1) is 10.6. The molecule has 2 aromatic heterocycles. The molecule has 1 aromatic carbocycles. The second-order valence-corrected chi connectivity index (χ2v) is 5.34. The van der Waals surface area contributed by atoms with Crippen LogP contribution in [0.15, 0.2) is 46.9 Å². The molecule has 0 aliphatic heterocycles. The smallest absolute Gasteiger partial charge is 0.236 e. The lowest BCUT2D eigenvalue weighted by atomic mass is 10.3. The van der Waals surface area contributed by atoms with Crippen LogP contribution in [0, 0.1) is 0 Å². The van der Waals surface area contributed by atoms with Crippen molar-refractivity contribution in [1.82, 2.24) is 9.97 Å². The van der Waals surface area contributed by atoms with Crippen LogP contribution < -0.4 is 0 Å².